The average Bonchev–Trinajstić information content (AvgIpc) is 3.38. The van der Waals surface area contributed by atoms with E-state index < -0.39 is 30.5 Å². The number of amides is 1. The van der Waals surface area contributed by atoms with Crippen LogP contribution in [0.4, 0.5) is 0 Å². The van der Waals surface area contributed by atoms with E-state index in [1.165, 1.54) is 21.3 Å². The summed E-state index contributed by atoms with van der Waals surface area (Å²) in [6.45, 7) is 3.11. The molecule has 202 valence electrons. The molecule has 2 aliphatic rings. The van der Waals surface area contributed by atoms with E-state index in [4.69, 9.17) is 28.4 Å². The molecule has 0 saturated heterocycles. The molecule has 2 aromatic carbocycles. The molecule has 0 unspecified atom stereocenters. The van der Waals surface area contributed by atoms with Crippen molar-refractivity contribution in [1.82, 2.24) is 5.32 Å². The van der Waals surface area contributed by atoms with Gasteiger partial charge in [-0.15, -0.1) is 0 Å². The van der Waals surface area contributed by atoms with Gasteiger partial charge in [0.15, 0.2) is 23.0 Å². The smallest absolute Gasteiger partial charge is 0.231 e. The van der Waals surface area contributed by atoms with E-state index in [0.29, 0.717) is 71.6 Å². The van der Waals surface area contributed by atoms with Crippen molar-refractivity contribution < 1.29 is 43.4 Å². The topological polar surface area (TPSA) is 125 Å². The molecule has 1 aliphatic carbocycles. The number of carbonyl (C=O) groups excluding carboxylic acids is 1. The zero-order valence-corrected chi connectivity index (χ0v) is 21.6. The van der Waals surface area contributed by atoms with Crippen molar-refractivity contribution in [1.29, 1.82) is 0 Å². The van der Waals surface area contributed by atoms with Crippen molar-refractivity contribution in [3.63, 3.8) is 0 Å². The molecular weight excluding hydrogens is 482 g/mol. The fraction of sp³-hybridized carbons (Fsp3) is 0.519. The standard InChI is InChI=1S/C27H35NO9/c1-5-35-8-6-7-28-27(31)24-18(13-29)25(30)17-12-20-19(36-14-37-20)11-16(17)23(24)15-9-21(32-2)26(34-4)22(10-15)33-3/h9-12,18,23-25,29-30H,5-8,13-14H2,1-4H3,(H,28,31)/t18-,23+,24-,25-/m0/s1. The minimum Gasteiger partial charge on any atom is -0.493 e. The minimum absolute atomic E-state index is 0.0658. The highest BCUT2D eigenvalue weighted by Gasteiger charge is 2.47. The maximum atomic E-state index is 13.7. The lowest BCUT2D eigenvalue weighted by atomic mass is 9.64. The third-order valence-electron chi connectivity index (χ3n) is 6.99. The lowest BCUT2D eigenvalue weighted by molar-refractivity contribution is -0.131. The molecule has 0 bridgehead atoms. The van der Waals surface area contributed by atoms with Crippen LogP contribution in [0.3, 0.4) is 0 Å². The second-order valence-electron chi connectivity index (χ2n) is 8.93. The van der Waals surface area contributed by atoms with Gasteiger partial charge in [-0.2, -0.15) is 0 Å². The Morgan fingerprint density at radius 3 is 2.24 bits per heavy atom. The predicted octanol–water partition coefficient (Wildman–Crippen LogP) is 2.39. The van der Waals surface area contributed by atoms with E-state index in [9.17, 15) is 15.0 Å². The number of hydrogen-bond acceptors (Lipinski definition) is 9. The van der Waals surface area contributed by atoms with Gasteiger partial charge in [0.25, 0.3) is 0 Å². The highest BCUT2D eigenvalue weighted by atomic mass is 16.7. The number of aliphatic hydroxyl groups excluding tert-OH is 2. The van der Waals surface area contributed by atoms with Crippen LogP contribution in [0.1, 0.15) is 42.1 Å². The van der Waals surface area contributed by atoms with Gasteiger partial charge >= 0.3 is 0 Å². The van der Waals surface area contributed by atoms with E-state index in [1.807, 2.05) is 6.92 Å². The van der Waals surface area contributed by atoms with Crippen LogP contribution >= 0.6 is 0 Å². The Morgan fingerprint density at radius 1 is 1.03 bits per heavy atom. The first-order valence-corrected chi connectivity index (χ1v) is 12.4. The second kappa shape index (κ2) is 11.9. The molecule has 1 amide bonds. The summed E-state index contributed by atoms with van der Waals surface area (Å²) in [7, 11) is 4.57. The lowest BCUT2D eigenvalue weighted by Crippen LogP contribution is -2.45. The number of aliphatic hydroxyl groups is 2. The highest BCUT2D eigenvalue weighted by molar-refractivity contribution is 5.82. The molecule has 0 radical (unpaired) electrons. The van der Waals surface area contributed by atoms with Gasteiger partial charge in [0, 0.05) is 38.2 Å². The average molecular weight is 518 g/mol. The fourth-order valence-corrected chi connectivity index (χ4v) is 5.24. The van der Waals surface area contributed by atoms with Crippen molar-refractivity contribution >= 4 is 5.91 Å². The minimum atomic E-state index is -1.09. The molecule has 10 nitrogen and oxygen atoms in total. The van der Waals surface area contributed by atoms with Crippen molar-refractivity contribution in [2.24, 2.45) is 11.8 Å². The summed E-state index contributed by atoms with van der Waals surface area (Å²) in [6.07, 6.45) is -0.449. The van der Waals surface area contributed by atoms with Crippen LogP contribution in [0.25, 0.3) is 0 Å². The summed E-state index contributed by atoms with van der Waals surface area (Å²) >= 11 is 0. The van der Waals surface area contributed by atoms with Gasteiger partial charge in [-0.1, -0.05) is 0 Å². The third kappa shape index (κ3) is 5.14. The van der Waals surface area contributed by atoms with Gasteiger partial charge in [0.05, 0.1) is 33.4 Å². The molecule has 10 heteroatoms. The van der Waals surface area contributed by atoms with E-state index in [0.717, 1.165) is 0 Å². The first-order chi connectivity index (χ1) is 18.0. The van der Waals surface area contributed by atoms with Gasteiger partial charge < -0.3 is 44.0 Å². The second-order valence-corrected chi connectivity index (χ2v) is 8.93. The van der Waals surface area contributed by atoms with Crippen molar-refractivity contribution in [2.75, 3.05) is 54.5 Å². The summed E-state index contributed by atoms with van der Waals surface area (Å²) in [4.78, 5) is 13.7. The first-order valence-electron chi connectivity index (χ1n) is 12.4. The molecule has 37 heavy (non-hydrogen) atoms. The highest BCUT2D eigenvalue weighted by Crippen LogP contribution is 2.53. The van der Waals surface area contributed by atoms with Gasteiger partial charge in [0.1, 0.15) is 0 Å². The van der Waals surface area contributed by atoms with Gasteiger partial charge in [-0.25, -0.2) is 0 Å². The summed E-state index contributed by atoms with van der Waals surface area (Å²) in [5, 5.41) is 24.7. The number of ether oxygens (including phenoxy) is 6. The van der Waals surface area contributed by atoms with Crippen LogP contribution in [-0.2, 0) is 9.53 Å². The van der Waals surface area contributed by atoms with Crippen LogP contribution in [0, 0.1) is 11.8 Å². The summed E-state index contributed by atoms with van der Waals surface area (Å²) in [6, 6.07) is 7.12. The SMILES string of the molecule is CCOCCCNC(=O)[C@@H]1[C@H](c2cc(OC)c(OC)c(OC)c2)c2cc3c(cc2[C@H](O)[C@H]1CO)OCO3. The van der Waals surface area contributed by atoms with Crippen LogP contribution in [0.15, 0.2) is 24.3 Å². The Morgan fingerprint density at radius 2 is 1.68 bits per heavy atom. The summed E-state index contributed by atoms with van der Waals surface area (Å²) in [5.41, 5.74) is 1.97. The molecule has 1 heterocycles. The molecule has 4 rings (SSSR count). The molecule has 4 atom stereocenters. The maximum absolute atomic E-state index is 13.7. The Bertz CT molecular complexity index is 1080. The first kappa shape index (κ1) is 26.8. The number of hydrogen-bond donors (Lipinski definition) is 3. The lowest BCUT2D eigenvalue weighted by Gasteiger charge is -2.41. The summed E-state index contributed by atoms with van der Waals surface area (Å²) < 4.78 is 33.2. The molecule has 1 aliphatic heterocycles. The van der Waals surface area contributed by atoms with Crippen LogP contribution in [0.2, 0.25) is 0 Å². The Hall–Kier alpha value is -3.21. The largest absolute Gasteiger partial charge is 0.493 e. The summed E-state index contributed by atoms with van der Waals surface area (Å²) in [5.74, 6) is -0.0953. The number of benzene rings is 2. The van der Waals surface area contributed by atoms with Gasteiger partial charge in [0.2, 0.25) is 18.4 Å². The van der Waals surface area contributed by atoms with E-state index in [2.05, 4.69) is 5.32 Å². The monoisotopic (exact) mass is 517 g/mol. The number of rotatable bonds is 11. The number of carbonyl (C=O) groups is 1. The quantitative estimate of drug-likeness (QED) is 0.385. The normalized spacial score (nSPS) is 21.8. The molecular formula is C27H35NO9. The van der Waals surface area contributed by atoms with E-state index in [-0.39, 0.29) is 12.7 Å². The van der Waals surface area contributed by atoms with E-state index >= 15 is 0 Å². The third-order valence-corrected chi connectivity index (χ3v) is 6.99. The van der Waals surface area contributed by atoms with Gasteiger partial charge in [-0.05, 0) is 54.3 Å². The molecule has 0 fully saturated rings. The van der Waals surface area contributed by atoms with Crippen molar-refractivity contribution in [3.8, 4) is 28.7 Å². The number of fused-ring (bicyclic) bond motifs is 2. The fourth-order valence-electron chi connectivity index (χ4n) is 5.24. The maximum Gasteiger partial charge on any atom is 0.231 e. The zero-order chi connectivity index (χ0) is 26.5. The van der Waals surface area contributed by atoms with E-state index in [1.54, 1.807) is 24.3 Å². The van der Waals surface area contributed by atoms with Crippen LogP contribution in [0.5, 0.6) is 28.7 Å². The Labute approximate surface area is 216 Å². The Balaban J connectivity index is 1.84. The Kier molecular flexibility index (Phi) is 8.63. The van der Waals surface area contributed by atoms with Crippen LogP contribution < -0.4 is 29.0 Å². The molecule has 0 aromatic heterocycles. The predicted molar refractivity (Wildman–Crippen MR) is 134 cm³/mol. The number of nitrogens with one attached hydrogen (secondary N) is 1. The molecule has 2 aromatic rings. The van der Waals surface area contributed by atoms with Crippen molar-refractivity contribution in [3.05, 3.63) is 41.0 Å². The van der Waals surface area contributed by atoms with Crippen LogP contribution in [-0.4, -0.2) is 70.6 Å². The zero-order valence-electron chi connectivity index (χ0n) is 21.6. The van der Waals surface area contributed by atoms with Gasteiger partial charge in [-0.3, -0.25) is 4.79 Å². The molecule has 0 spiro atoms. The molecule has 3 N–H and O–H groups in total. The molecule has 0 saturated carbocycles. The number of methoxy groups -OCH3 is 3. The van der Waals surface area contributed by atoms with Crippen molar-refractivity contribution in [2.45, 2.75) is 25.4 Å².